The number of pyridine rings is 1. The molecule has 2 N–H and O–H groups in total. The summed E-state index contributed by atoms with van der Waals surface area (Å²) in [5.74, 6) is 0.876. The van der Waals surface area contributed by atoms with Crippen molar-refractivity contribution in [3.05, 3.63) is 35.4 Å². The van der Waals surface area contributed by atoms with E-state index >= 15 is 0 Å². The first kappa shape index (κ1) is 20.6. The first-order chi connectivity index (χ1) is 13.5. The molecule has 2 heterocycles. The van der Waals surface area contributed by atoms with E-state index in [2.05, 4.69) is 41.4 Å². The van der Waals surface area contributed by atoms with E-state index in [9.17, 15) is 9.90 Å². The van der Waals surface area contributed by atoms with Gasteiger partial charge >= 0.3 is 5.97 Å². The van der Waals surface area contributed by atoms with Crippen molar-refractivity contribution in [1.82, 2.24) is 10.3 Å². The smallest absolute Gasteiger partial charge is 0.309 e. The molecule has 0 amide bonds. The zero-order chi connectivity index (χ0) is 20.1. The van der Waals surface area contributed by atoms with E-state index in [1.807, 2.05) is 6.92 Å². The topological polar surface area (TPSA) is 74.7 Å². The third-order valence-electron chi connectivity index (χ3n) is 5.27. The Hall–Kier alpha value is -2.18. The molecular formula is C22H31N3O3. The molecule has 1 aliphatic rings. The highest BCUT2D eigenvalue weighted by molar-refractivity contribution is 5.84. The van der Waals surface area contributed by atoms with Gasteiger partial charge < -0.3 is 20.1 Å². The lowest BCUT2D eigenvalue weighted by Crippen LogP contribution is -2.38. The van der Waals surface area contributed by atoms with Crippen LogP contribution in [0.5, 0.6) is 0 Å². The van der Waals surface area contributed by atoms with Crippen LogP contribution in [-0.4, -0.2) is 48.4 Å². The number of carbonyl (C=O) groups excluding carboxylic acids is 1. The summed E-state index contributed by atoms with van der Waals surface area (Å²) in [7, 11) is 0. The van der Waals surface area contributed by atoms with Gasteiger partial charge in [-0.05, 0) is 45.2 Å². The van der Waals surface area contributed by atoms with Crippen LogP contribution in [0.2, 0.25) is 0 Å². The molecule has 0 saturated carbocycles. The van der Waals surface area contributed by atoms with Crippen LogP contribution in [0.3, 0.4) is 0 Å². The van der Waals surface area contributed by atoms with Crippen LogP contribution in [0.4, 0.5) is 5.82 Å². The number of aryl methyl sites for hydroxylation is 1. The Morgan fingerprint density at radius 2 is 2.14 bits per heavy atom. The maximum atomic E-state index is 12.0. The highest BCUT2D eigenvalue weighted by Gasteiger charge is 2.27. The summed E-state index contributed by atoms with van der Waals surface area (Å²) in [6.45, 7) is 8.90. The number of esters is 1. The van der Waals surface area contributed by atoms with Crippen LogP contribution in [0.15, 0.2) is 24.3 Å². The number of nitrogens with one attached hydrogen (secondary N) is 1. The number of piperidine rings is 1. The number of rotatable bonds is 7. The van der Waals surface area contributed by atoms with E-state index in [0.29, 0.717) is 19.7 Å². The molecule has 0 spiro atoms. The third kappa shape index (κ3) is 4.80. The molecule has 0 bridgehead atoms. The minimum Gasteiger partial charge on any atom is -0.466 e. The molecule has 1 atom stereocenters. The third-order valence-corrected chi connectivity index (χ3v) is 5.27. The Kier molecular flexibility index (Phi) is 6.86. The zero-order valence-corrected chi connectivity index (χ0v) is 17.1. The van der Waals surface area contributed by atoms with Crippen molar-refractivity contribution in [2.24, 2.45) is 5.92 Å². The number of benzene rings is 1. The molecule has 152 valence electrons. The fraction of sp³-hybridized carbons (Fsp3) is 0.545. The minimum absolute atomic E-state index is 0.0183. The number of ether oxygens (including phenoxy) is 1. The zero-order valence-electron chi connectivity index (χ0n) is 17.1. The summed E-state index contributed by atoms with van der Waals surface area (Å²) in [5.41, 5.74) is 3.29. The summed E-state index contributed by atoms with van der Waals surface area (Å²) < 4.78 is 5.19. The standard InChI is InChI=1S/C22H31N3O3/c1-4-28-22(27)17-8-10-25(11-9-17)21-19(14-23-13-16(3)26)12-18-7-5-6-15(2)20(18)24-21/h5-7,12,16-17,23,26H,4,8-11,13-14H2,1-3H3. The number of aliphatic hydroxyl groups excluding tert-OH is 1. The van der Waals surface area contributed by atoms with Gasteiger partial charge in [0.25, 0.3) is 0 Å². The maximum absolute atomic E-state index is 12.0. The molecule has 1 aromatic carbocycles. The van der Waals surface area contributed by atoms with E-state index in [4.69, 9.17) is 9.72 Å². The molecule has 0 aliphatic carbocycles. The molecule has 1 fully saturated rings. The number of hydrogen-bond donors (Lipinski definition) is 2. The monoisotopic (exact) mass is 385 g/mol. The van der Waals surface area contributed by atoms with E-state index in [0.717, 1.165) is 53.8 Å². The molecule has 28 heavy (non-hydrogen) atoms. The Morgan fingerprint density at radius 1 is 1.39 bits per heavy atom. The Bertz CT molecular complexity index is 814. The number of fused-ring (bicyclic) bond motifs is 1. The van der Waals surface area contributed by atoms with Gasteiger partial charge in [0.1, 0.15) is 5.82 Å². The predicted octanol–water partition coefficient (Wildman–Crippen LogP) is 2.79. The van der Waals surface area contributed by atoms with Crippen LogP contribution >= 0.6 is 0 Å². The quantitative estimate of drug-likeness (QED) is 0.714. The van der Waals surface area contributed by atoms with Crippen LogP contribution in [0.25, 0.3) is 10.9 Å². The number of carbonyl (C=O) groups is 1. The second kappa shape index (κ2) is 9.34. The van der Waals surface area contributed by atoms with Crippen molar-refractivity contribution in [3.8, 4) is 0 Å². The summed E-state index contributed by atoms with van der Waals surface area (Å²) in [6, 6.07) is 8.41. The van der Waals surface area contributed by atoms with Crippen molar-refractivity contribution in [2.45, 2.75) is 46.3 Å². The van der Waals surface area contributed by atoms with Crippen molar-refractivity contribution in [3.63, 3.8) is 0 Å². The largest absolute Gasteiger partial charge is 0.466 e. The summed E-state index contributed by atoms with van der Waals surface area (Å²) in [5, 5.41) is 14.0. The first-order valence-corrected chi connectivity index (χ1v) is 10.2. The second-order valence-electron chi connectivity index (χ2n) is 7.61. The van der Waals surface area contributed by atoms with Crippen LogP contribution in [-0.2, 0) is 16.1 Å². The normalized spacial score (nSPS) is 16.4. The van der Waals surface area contributed by atoms with Gasteiger partial charge in [0.2, 0.25) is 0 Å². The highest BCUT2D eigenvalue weighted by atomic mass is 16.5. The van der Waals surface area contributed by atoms with E-state index in [1.54, 1.807) is 6.92 Å². The molecule has 1 aromatic heterocycles. The fourth-order valence-corrected chi connectivity index (χ4v) is 3.79. The number of anilines is 1. The highest BCUT2D eigenvalue weighted by Crippen LogP contribution is 2.29. The fourth-order valence-electron chi connectivity index (χ4n) is 3.79. The first-order valence-electron chi connectivity index (χ1n) is 10.2. The van der Waals surface area contributed by atoms with Crippen LogP contribution in [0.1, 0.15) is 37.8 Å². The lowest BCUT2D eigenvalue weighted by atomic mass is 9.96. The lowest BCUT2D eigenvalue weighted by molar-refractivity contribution is -0.148. The Balaban J connectivity index is 1.83. The molecule has 1 saturated heterocycles. The summed E-state index contributed by atoms with van der Waals surface area (Å²) in [4.78, 5) is 19.3. The van der Waals surface area contributed by atoms with Crippen LogP contribution < -0.4 is 10.2 Å². The van der Waals surface area contributed by atoms with Gasteiger partial charge in [0, 0.05) is 37.1 Å². The van der Waals surface area contributed by atoms with Crippen molar-refractivity contribution >= 4 is 22.7 Å². The molecule has 0 radical (unpaired) electrons. The Labute approximate surface area is 166 Å². The molecule has 1 aliphatic heterocycles. The minimum atomic E-state index is -0.389. The lowest BCUT2D eigenvalue weighted by Gasteiger charge is -2.33. The predicted molar refractivity (Wildman–Crippen MR) is 111 cm³/mol. The van der Waals surface area contributed by atoms with Gasteiger partial charge in [0.05, 0.1) is 24.1 Å². The van der Waals surface area contributed by atoms with Crippen molar-refractivity contribution in [2.75, 3.05) is 31.1 Å². The van der Waals surface area contributed by atoms with Crippen molar-refractivity contribution in [1.29, 1.82) is 0 Å². The average molecular weight is 386 g/mol. The molecule has 6 nitrogen and oxygen atoms in total. The maximum Gasteiger partial charge on any atom is 0.309 e. The van der Waals surface area contributed by atoms with E-state index in [1.165, 1.54) is 0 Å². The number of nitrogens with zero attached hydrogens (tertiary/aromatic N) is 2. The Morgan fingerprint density at radius 3 is 2.82 bits per heavy atom. The van der Waals surface area contributed by atoms with Gasteiger partial charge in [-0.3, -0.25) is 4.79 Å². The molecular weight excluding hydrogens is 354 g/mol. The number of aliphatic hydroxyl groups is 1. The number of hydrogen-bond acceptors (Lipinski definition) is 6. The molecule has 2 aromatic rings. The SMILES string of the molecule is CCOC(=O)C1CCN(c2nc3c(C)cccc3cc2CNCC(C)O)CC1. The van der Waals surface area contributed by atoms with E-state index < -0.39 is 0 Å². The molecule has 6 heteroatoms. The van der Waals surface area contributed by atoms with Crippen LogP contribution in [0, 0.1) is 12.8 Å². The van der Waals surface area contributed by atoms with E-state index in [-0.39, 0.29) is 18.0 Å². The molecule has 3 rings (SSSR count). The number of aromatic nitrogens is 1. The number of para-hydroxylation sites is 1. The van der Waals surface area contributed by atoms with Gasteiger partial charge in [-0.25, -0.2) is 4.98 Å². The molecule has 1 unspecified atom stereocenters. The average Bonchev–Trinajstić information content (AvgIpc) is 2.68. The summed E-state index contributed by atoms with van der Waals surface area (Å²) >= 11 is 0. The van der Waals surface area contributed by atoms with Gasteiger partial charge in [-0.15, -0.1) is 0 Å². The van der Waals surface area contributed by atoms with Gasteiger partial charge in [-0.1, -0.05) is 18.2 Å². The van der Waals surface area contributed by atoms with Gasteiger partial charge in [-0.2, -0.15) is 0 Å². The summed E-state index contributed by atoms with van der Waals surface area (Å²) in [6.07, 6.45) is 1.18. The second-order valence-corrected chi connectivity index (χ2v) is 7.61. The van der Waals surface area contributed by atoms with Gasteiger partial charge in [0.15, 0.2) is 0 Å². The van der Waals surface area contributed by atoms with Crippen molar-refractivity contribution < 1.29 is 14.6 Å².